The predicted octanol–water partition coefficient (Wildman–Crippen LogP) is 4.85. The number of hydrogen-bond donors (Lipinski definition) is 1. The van der Waals surface area contributed by atoms with Crippen molar-refractivity contribution in [2.45, 2.75) is 20.0 Å². The quantitative estimate of drug-likeness (QED) is 0.817. The van der Waals surface area contributed by atoms with Crippen molar-refractivity contribution in [1.29, 1.82) is 0 Å². The number of pyridine rings is 1. The molecule has 8 heteroatoms. The average Bonchev–Trinajstić information content (AvgIpc) is 2.57. The third kappa shape index (κ3) is 4.63. The zero-order valence-corrected chi connectivity index (χ0v) is 14.4. The van der Waals surface area contributed by atoms with Gasteiger partial charge in [-0.1, -0.05) is 11.6 Å². The molecule has 0 aliphatic rings. The minimum atomic E-state index is -4.63. The lowest BCUT2D eigenvalue weighted by atomic mass is 10.1. The van der Waals surface area contributed by atoms with E-state index in [2.05, 4.69) is 10.3 Å². The summed E-state index contributed by atoms with van der Waals surface area (Å²) in [5.74, 6) is -0.0616. The standard InChI is InChI=1S/C17H17ClF3N3O/c1-3-24(4-2)15-9-11(7-8-22-15)16(25)23-14-6-5-12(18)10-13(14)17(19,20)21/h5-10H,3-4H2,1-2H3,(H,23,25). The first-order valence-corrected chi connectivity index (χ1v) is 8.03. The van der Waals surface area contributed by atoms with Gasteiger partial charge in [-0.3, -0.25) is 4.79 Å². The topological polar surface area (TPSA) is 45.2 Å². The van der Waals surface area contributed by atoms with Crippen LogP contribution in [0.25, 0.3) is 0 Å². The normalized spacial score (nSPS) is 11.3. The Morgan fingerprint density at radius 1 is 1.20 bits per heavy atom. The first kappa shape index (κ1) is 19.1. The number of nitrogens with zero attached hydrogens (tertiary/aromatic N) is 2. The molecule has 1 aromatic heterocycles. The van der Waals surface area contributed by atoms with E-state index >= 15 is 0 Å². The molecule has 0 unspecified atom stereocenters. The SMILES string of the molecule is CCN(CC)c1cc(C(=O)Nc2ccc(Cl)cc2C(F)(F)F)ccn1. The summed E-state index contributed by atoms with van der Waals surface area (Å²) < 4.78 is 39.3. The van der Waals surface area contributed by atoms with Crippen LogP contribution in [-0.4, -0.2) is 24.0 Å². The molecule has 0 radical (unpaired) electrons. The first-order valence-electron chi connectivity index (χ1n) is 7.65. The molecule has 1 amide bonds. The van der Waals surface area contributed by atoms with E-state index in [1.807, 2.05) is 18.7 Å². The predicted molar refractivity (Wildman–Crippen MR) is 92.2 cm³/mol. The number of amides is 1. The van der Waals surface area contributed by atoms with E-state index in [-0.39, 0.29) is 16.3 Å². The zero-order chi connectivity index (χ0) is 18.6. The van der Waals surface area contributed by atoms with Crippen molar-refractivity contribution in [2.24, 2.45) is 0 Å². The fraction of sp³-hybridized carbons (Fsp3) is 0.294. The van der Waals surface area contributed by atoms with Crippen LogP contribution in [0.3, 0.4) is 0 Å². The molecule has 25 heavy (non-hydrogen) atoms. The second-order valence-corrected chi connectivity index (χ2v) is 5.65. The summed E-state index contributed by atoms with van der Waals surface area (Å²) in [6, 6.07) is 6.21. The summed E-state index contributed by atoms with van der Waals surface area (Å²) >= 11 is 5.64. The maximum atomic E-state index is 13.1. The molecule has 1 N–H and O–H groups in total. The van der Waals surface area contributed by atoms with Crippen LogP contribution in [-0.2, 0) is 6.18 Å². The maximum absolute atomic E-state index is 13.1. The van der Waals surface area contributed by atoms with E-state index < -0.39 is 17.6 Å². The number of halogens is 4. The number of aromatic nitrogens is 1. The molecule has 0 fully saturated rings. The number of anilines is 2. The van der Waals surface area contributed by atoms with Gasteiger partial charge in [-0.05, 0) is 44.2 Å². The number of benzene rings is 1. The smallest absolute Gasteiger partial charge is 0.357 e. The number of rotatable bonds is 5. The second-order valence-electron chi connectivity index (χ2n) is 5.22. The molecule has 2 rings (SSSR count). The number of hydrogen-bond acceptors (Lipinski definition) is 3. The van der Waals surface area contributed by atoms with Crippen LogP contribution in [0.4, 0.5) is 24.7 Å². The highest BCUT2D eigenvalue weighted by Gasteiger charge is 2.34. The van der Waals surface area contributed by atoms with Gasteiger partial charge in [0, 0.05) is 29.9 Å². The minimum absolute atomic E-state index is 0.0574. The Kier molecular flexibility index (Phi) is 5.89. The molecular weight excluding hydrogens is 355 g/mol. The third-order valence-corrected chi connectivity index (χ3v) is 3.87. The van der Waals surface area contributed by atoms with Crippen LogP contribution in [0, 0.1) is 0 Å². The van der Waals surface area contributed by atoms with Crippen LogP contribution in [0.5, 0.6) is 0 Å². The van der Waals surface area contributed by atoms with Gasteiger partial charge in [-0.2, -0.15) is 13.2 Å². The fourth-order valence-corrected chi connectivity index (χ4v) is 2.51. The van der Waals surface area contributed by atoms with Gasteiger partial charge in [0.2, 0.25) is 0 Å². The summed E-state index contributed by atoms with van der Waals surface area (Å²) in [4.78, 5) is 18.5. The highest BCUT2D eigenvalue weighted by atomic mass is 35.5. The summed E-state index contributed by atoms with van der Waals surface area (Å²) in [6.45, 7) is 5.29. The van der Waals surface area contributed by atoms with Crippen LogP contribution < -0.4 is 10.2 Å². The second kappa shape index (κ2) is 7.74. The Labute approximate surface area is 148 Å². The van der Waals surface area contributed by atoms with Crippen LogP contribution in [0.15, 0.2) is 36.5 Å². The highest BCUT2D eigenvalue weighted by molar-refractivity contribution is 6.30. The minimum Gasteiger partial charge on any atom is -0.357 e. The summed E-state index contributed by atoms with van der Waals surface area (Å²) in [6.07, 6.45) is -3.17. The van der Waals surface area contributed by atoms with Gasteiger partial charge in [0.15, 0.2) is 0 Å². The molecule has 0 atom stereocenters. The van der Waals surface area contributed by atoms with Gasteiger partial charge in [0.25, 0.3) is 5.91 Å². The average molecular weight is 372 g/mol. The largest absolute Gasteiger partial charge is 0.418 e. The fourth-order valence-electron chi connectivity index (χ4n) is 2.33. The Bertz CT molecular complexity index is 761. The van der Waals surface area contributed by atoms with Gasteiger partial charge in [-0.15, -0.1) is 0 Å². The number of carbonyl (C=O) groups is 1. The highest BCUT2D eigenvalue weighted by Crippen LogP contribution is 2.36. The lowest BCUT2D eigenvalue weighted by Crippen LogP contribution is -2.23. The Morgan fingerprint density at radius 3 is 2.48 bits per heavy atom. The molecule has 0 saturated carbocycles. The van der Waals surface area contributed by atoms with E-state index in [9.17, 15) is 18.0 Å². The van der Waals surface area contributed by atoms with Gasteiger partial charge < -0.3 is 10.2 Å². The number of nitrogens with one attached hydrogen (secondary N) is 1. The van der Waals surface area contributed by atoms with Crippen molar-refractivity contribution in [3.8, 4) is 0 Å². The first-order chi connectivity index (χ1) is 11.8. The van der Waals surface area contributed by atoms with Gasteiger partial charge in [0.05, 0.1) is 11.3 Å². The molecule has 4 nitrogen and oxygen atoms in total. The van der Waals surface area contributed by atoms with Gasteiger partial charge in [0.1, 0.15) is 5.82 Å². The molecule has 0 spiro atoms. The van der Waals surface area contributed by atoms with E-state index in [0.29, 0.717) is 18.9 Å². The Hall–Kier alpha value is -2.28. The molecule has 0 aliphatic heterocycles. The monoisotopic (exact) mass is 371 g/mol. The van der Waals surface area contributed by atoms with Crippen molar-refractivity contribution >= 4 is 29.0 Å². The van der Waals surface area contributed by atoms with Crippen molar-refractivity contribution in [3.63, 3.8) is 0 Å². The van der Waals surface area contributed by atoms with Crippen LogP contribution in [0.2, 0.25) is 5.02 Å². The van der Waals surface area contributed by atoms with Crippen LogP contribution in [0.1, 0.15) is 29.8 Å². The number of alkyl halides is 3. The molecule has 1 heterocycles. The maximum Gasteiger partial charge on any atom is 0.418 e. The number of carbonyl (C=O) groups excluding carboxylic acids is 1. The van der Waals surface area contributed by atoms with Crippen LogP contribution >= 0.6 is 11.6 Å². The summed E-state index contributed by atoms with van der Waals surface area (Å²) in [5, 5.41) is 2.24. The molecule has 0 aliphatic carbocycles. The van der Waals surface area contributed by atoms with Crippen molar-refractivity contribution in [3.05, 3.63) is 52.7 Å². The van der Waals surface area contributed by atoms with Crippen molar-refractivity contribution in [2.75, 3.05) is 23.3 Å². The lowest BCUT2D eigenvalue weighted by Gasteiger charge is -2.20. The molecule has 134 valence electrons. The van der Waals surface area contributed by atoms with Crippen molar-refractivity contribution < 1.29 is 18.0 Å². The summed E-state index contributed by atoms with van der Waals surface area (Å²) in [7, 11) is 0. The lowest BCUT2D eigenvalue weighted by molar-refractivity contribution is -0.136. The molecule has 1 aromatic carbocycles. The zero-order valence-electron chi connectivity index (χ0n) is 13.7. The molecular formula is C17H17ClF3N3O. The van der Waals surface area contributed by atoms with E-state index in [1.165, 1.54) is 18.3 Å². The van der Waals surface area contributed by atoms with E-state index in [1.54, 1.807) is 6.07 Å². The third-order valence-electron chi connectivity index (χ3n) is 3.63. The molecule has 2 aromatic rings. The Morgan fingerprint density at radius 2 is 1.88 bits per heavy atom. The van der Waals surface area contributed by atoms with E-state index in [4.69, 9.17) is 11.6 Å². The Balaban J connectivity index is 2.31. The van der Waals surface area contributed by atoms with Gasteiger partial charge in [-0.25, -0.2) is 4.98 Å². The van der Waals surface area contributed by atoms with E-state index in [0.717, 1.165) is 12.1 Å². The molecule has 0 bridgehead atoms. The molecule has 0 saturated heterocycles. The summed E-state index contributed by atoms with van der Waals surface area (Å²) in [5.41, 5.74) is -1.12. The van der Waals surface area contributed by atoms with Gasteiger partial charge >= 0.3 is 6.18 Å². The van der Waals surface area contributed by atoms with Crippen molar-refractivity contribution in [1.82, 2.24) is 4.98 Å².